The van der Waals surface area contributed by atoms with Gasteiger partial charge in [-0.3, -0.25) is 0 Å². The summed E-state index contributed by atoms with van der Waals surface area (Å²) in [5.74, 6) is 0.999. The number of thioether (sulfide) groups is 1. The van der Waals surface area contributed by atoms with Crippen LogP contribution in [0, 0.1) is 12.8 Å². The van der Waals surface area contributed by atoms with Crippen molar-refractivity contribution in [2.45, 2.75) is 42.2 Å². The Morgan fingerprint density at radius 2 is 1.88 bits per heavy atom. The lowest BCUT2D eigenvalue weighted by molar-refractivity contribution is -0.0121. The molecule has 4 aromatic rings. The van der Waals surface area contributed by atoms with E-state index in [9.17, 15) is 0 Å². The third-order valence-electron chi connectivity index (χ3n) is 5.90. The number of rotatable bonds is 6. The van der Waals surface area contributed by atoms with Gasteiger partial charge in [-0.2, -0.15) is 0 Å². The van der Waals surface area contributed by atoms with Gasteiger partial charge in [0.15, 0.2) is 0 Å². The normalized spacial score (nSPS) is 22.7. The fraction of sp³-hybridized carbons (Fsp3) is 0.280. The smallest absolute Gasteiger partial charge is 0.139 e. The Morgan fingerprint density at radius 3 is 2.58 bits per heavy atom. The van der Waals surface area contributed by atoms with Crippen molar-refractivity contribution in [1.29, 1.82) is 0 Å². The third kappa shape index (κ3) is 4.86. The molecule has 0 radical (unpaired) electrons. The van der Waals surface area contributed by atoms with Crippen LogP contribution in [0.4, 0.5) is 0 Å². The van der Waals surface area contributed by atoms with Gasteiger partial charge in [-0.05, 0) is 36.8 Å². The van der Waals surface area contributed by atoms with Crippen LogP contribution in [-0.2, 0) is 10.5 Å². The predicted molar refractivity (Wildman–Crippen MR) is 137 cm³/mol. The molecule has 0 aliphatic carbocycles. The molecule has 3 heterocycles. The summed E-state index contributed by atoms with van der Waals surface area (Å²) in [6.07, 6.45) is 3.42. The molecule has 1 aliphatic rings. The molecule has 0 bridgehead atoms. The molecular weight excluding hydrogens is 493 g/mol. The van der Waals surface area contributed by atoms with E-state index >= 15 is 0 Å². The highest BCUT2D eigenvalue weighted by atomic mass is 35.5. The summed E-state index contributed by atoms with van der Waals surface area (Å²) in [5, 5.41) is 3.77. The zero-order valence-corrected chi connectivity index (χ0v) is 21.3. The van der Waals surface area contributed by atoms with Crippen LogP contribution in [0.15, 0.2) is 71.3 Å². The minimum absolute atomic E-state index is 0.100. The number of aromatic nitrogens is 3. The van der Waals surface area contributed by atoms with E-state index in [1.807, 2.05) is 43.7 Å². The van der Waals surface area contributed by atoms with E-state index < -0.39 is 0 Å². The zero-order valence-electron chi connectivity index (χ0n) is 18.2. The summed E-state index contributed by atoms with van der Waals surface area (Å²) in [4.78, 5) is 10.2. The van der Waals surface area contributed by atoms with Gasteiger partial charge in [0, 0.05) is 44.4 Å². The third-order valence-corrected chi connectivity index (χ3v) is 8.76. The molecule has 4 atom stereocenters. The van der Waals surface area contributed by atoms with Crippen LogP contribution in [0.25, 0.3) is 10.6 Å². The second kappa shape index (κ2) is 9.80. The van der Waals surface area contributed by atoms with Crippen molar-refractivity contribution in [2.24, 2.45) is 5.92 Å². The average molecular weight is 517 g/mol. The molecule has 2 aromatic carbocycles. The van der Waals surface area contributed by atoms with Crippen molar-refractivity contribution in [3.63, 3.8) is 0 Å². The summed E-state index contributed by atoms with van der Waals surface area (Å²) >= 11 is 16.2. The quantitative estimate of drug-likeness (QED) is 0.194. The predicted octanol–water partition coefficient (Wildman–Crippen LogP) is 7.77. The molecule has 1 saturated heterocycles. The molecule has 33 heavy (non-hydrogen) atoms. The van der Waals surface area contributed by atoms with Crippen molar-refractivity contribution in [3.8, 4) is 10.6 Å². The molecule has 0 spiro atoms. The van der Waals surface area contributed by atoms with E-state index in [0.29, 0.717) is 0 Å². The Bertz CT molecular complexity index is 1220. The molecule has 0 amide bonds. The van der Waals surface area contributed by atoms with E-state index in [2.05, 4.69) is 46.1 Å². The van der Waals surface area contributed by atoms with E-state index in [1.54, 1.807) is 23.1 Å². The summed E-state index contributed by atoms with van der Waals surface area (Å²) < 4.78 is 8.45. The van der Waals surface area contributed by atoms with Gasteiger partial charge in [-0.15, -0.1) is 34.7 Å². The molecule has 5 rings (SSSR count). The summed E-state index contributed by atoms with van der Waals surface area (Å²) in [5.41, 5.74) is 4.34. The van der Waals surface area contributed by atoms with Crippen LogP contribution in [0.5, 0.6) is 0 Å². The number of nitrogens with zero attached hydrogens (tertiary/aromatic N) is 3. The lowest BCUT2D eigenvalue weighted by Gasteiger charge is -2.18. The molecule has 2 aromatic heterocycles. The number of halogens is 2. The van der Waals surface area contributed by atoms with Gasteiger partial charge in [-0.1, -0.05) is 42.8 Å². The molecule has 4 nitrogen and oxygen atoms in total. The Balaban J connectivity index is 1.22. The van der Waals surface area contributed by atoms with Gasteiger partial charge in [-0.25, -0.2) is 9.97 Å². The van der Waals surface area contributed by atoms with Gasteiger partial charge in [0.05, 0.1) is 17.4 Å². The lowest BCUT2D eigenvalue weighted by atomic mass is 10.00. The van der Waals surface area contributed by atoms with Crippen molar-refractivity contribution >= 4 is 46.3 Å². The van der Waals surface area contributed by atoms with E-state index in [4.69, 9.17) is 32.9 Å². The molecule has 0 unspecified atom stereocenters. The van der Waals surface area contributed by atoms with Gasteiger partial charge in [0.25, 0.3) is 0 Å². The molecule has 170 valence electrons. The first-order valence-corrected chi connectivity index (χ1v) is 13.4. The maximum absolute atomic E-state index is 6.79. The maximum Gasteiger partial charge on any atom is 0.139 e. The number of hydrogen-bond acceptors (Lipinski definition) is 5. The van der Waals surface area contributed by atoms with E-state index in [-0.39, 0.29) is 23.6 Å². The molecule has 0 saturated carbocycles. The summed E-state index contributed by atoms with van der Waals surface area (Å²) in [6, 6.07) is 16.3. The van der Waals surface area contributed by atoms with Crippen LogP contribution in [0.1, 0.15) is 36.2 Å². The van der Waals surface area contributed by atoms with Crippen LogP contribution in [-0.4, -0.2) is 19.9 Å². The van der Waals surface area contributed by atoms with Gasteiger partial charge in [0.1, 0.15) is 17.3 Å². The minimum atomic E-state index is -0.145. The first-order valence-electron chi connectivity index (χ1n) is 10.7. The fourth-order valence-corrected chi connectivity index (χ4v) is 6.19. The van der Waals surface area contributed by atoms with Crippen molar-refractivity contribution in [2.75, 3.05) is 0 Å². The molecule has 0 N–H and O–H groups in total. The van der Waals surface area contributed by atoms with E-state index in [0.717, 1.165) is 38.3 Å². The summed E-state index contributed by atoms with van der Waals surface area (Å²) in [6.45, 7) is 4.17. The van der Waals surface area contributed by atoms with Crippen LogP contribution >= 0.6 is 46.3 Å². The van der Waals surface area contributed by atoms with Crippen molar-refractivity contribution in [1.82, 2.24) is 14.5 Å². The number of benzene rings is 2. The maximum atomic E-state index is 6.79. The van der Waals surface area contributed by atoms with Crippen molar-refractivity contribution < 1.29 is 4.74 Å². The van der Waals surface area contributed by atoms with Crippen LogP contribution in [0.2, 0.25) is 5.02 Å². The molecule has 1 aliphatic heterocycles. The lowest BCUT2D eigenvalue weighted by Crippen LogP contribution is -2.17. The average Bonchev–Trinajstić information content (AvgIpc) is 3.54. The molecule has 8 heteroatoms. The van der Waals surface area contributed by atoms with Crippen LogP contribution < -0.4 is 0 Å². The Morgan fingerprint density at radius 1 is 1.12 bits per heavy atom. The Hall–Kier alpha value is -1.83. The topological polar surface area (TPSA) is 39.9 Å². The summed E-state index contributed by atoms with van der Waals surface area (Å²) in [7, 11) is 0. The van der Waals surface area contributed by atoms with E-state index in [1.165, 1.54) is 4.90 Å². The van der Waals surface area contributed by atoms with Crippen LogP contribution in [0.3, 0.4) is 0 Å². The highest BCUT2D eigenvalue weighted by molar-refractivity contribution is 7.98. The number of alkyl halides is 1. The first kappa shape index (κ1) is 22.9. The molecule has 1 fully saturated rings. The molecular formula is C25H23Cl2N3OS2. The van der Waals surface area contributed by atoms with Crippen molar-refractivity contribution in [3.05, 3.63) is 88.4 Å². The monoisotopic (exact) mass is 515 g/mol. The Kier molecular flexibility index (Phi) is 6.81. The number of ether oxygens (including phenoxy) is 1. The van der Waals surface area contributed by atoms with Gasteiger partial charge < -0.3 is 9.30 Å². The van der Waals surface area contributed by atoms with Gasteiger partial charge in [0.2, 0.25) is 0 Å². The number of aryl methyl sites for hydroxylation is 1. The largest absolute Gasteiger partial charge is 0.348 e. The zero-order chi connectivity index (χ0) is 22.9. The number of hydrogen-bond donors (Lipinski definition) is 0. The highest BCUT2D eigenvalue weighted by Gasteiger charge is 2.42. The minimum Gasteiger partial charge on any atom is -0.348 e. The SMILES string of the molecule is Cc1cncn1[C@@H]1O[C@@H](c2ccc(SCc3csc(-c4ccc(Cl)cc4)n3)cc2)[C@H](Cl)[C@@H]1C. The number of imidazole rings is 1. The van der Waals surface area contributed by atoms with Gasteiger partial charge >= 0.3 is 0 Å². The number of thiazole rings is 1. The Labute approximate surface area is 211 Å². The first-order chi connectivity index (χ1) is 16.0. The standard InChI is InChI=1S/C25H23Cl2N3OS2/c1-15-11-28-14-30(15)25-16(2)22(27)23(31-25)17-5-9-21(10-6-17)32-12-20-13-33-24(29-20)18-3-7-19(26)8-4-18/h3-11,13-14,16,22-23,25H,12H2,1-2H3/t16-,22+,23-,25+/m0/s1. The second-order valence-electron chi connectivity index (χ2n) is 8.20. The fourth-order valence-electron chi connectivity index (χ4n) is 4.01. The highest BCUT2D eigenvalue weighted by Crippen LogP contribution is 2.46. The second-order valence-corrected chi connectivity index (χ2v) is 11.0.